The number of allylic oxidation sites excluding steroid dienone is 2. The molecule has 5 nitrogen and oxygen atoms in total. The molecule has 0 bridgehead atoms. The lowest BCUT2D eigenvalue weighted by Gasteiger charge is -2.39. The van der Waals surface area contributed by atoms with Gasteiger partial charge in [0.05, 0.1) is 0 Å². The Hall–Kier alpha value is -1.36. The Kier molecular flexibility index (Phi) is 5.11. The number of carbonyl (C=O) groups excluding carboxylic acids is 2. The lowest BCUT2D eigenvalue weighted by molar-refractivity contribution is -0.128. The summed E-state index contributed by atoms with van der Waals surface area (Å²) in [6.07, 6.45) is 5.58. The number of ketones is 1. The fourth-order valence-electron chi connectivity index (χ4n) is 2.94. The first kappa shape index (κ1) is 15.7. The van der Waals surface area contributed by atoms with E-state index in [1.807, 2.05) is 6.92 Å². The van der Waals surface area contributed by atoms with Gasteiger partial charge in [-0.25, -0.2) is 10.2 Å². The minimum absolute atomic E-state index is 0.0118. The van der Waals surface area contributed by atoms with E-state index in [-0.39, 0.29) is 29.1 Å². The third-order valence-electron chi connectivity index (χ3n) is 3.75. The van der Waals surface area contributed by atoms with Crippen molar-refractivity contribution in [2.24, 2.45) is 23.0 Å². The number of nitrogens with two attached hydrogens (primary N) is 1. The average molecular weight is 267 g/mol. The second-order valence-corrected chi connectivity index (χ2v) is 6.16. The van der Waals surface area contributed by atoms with Gasteiger partial charge in [0.25, 0.3) is 0 Å². The van der Waals surface area contributed by atoms with Crippen LogP contribution in [0.2, 0.25) is 0 Å². The van der Waals surface area contributed by atoms with Crippen LogP contribution in [0.3, 0.4) is 0 Å². The maximum absolute atomic E-state index is 12.5. The zero-order valence-corrected chi connectivity index (χ0v) is 12.2. The van der Waals surface area contributed by atoms with E-state index in [4.69, 9.17) is 5.73 Å². The molecule has 1 aliphatic carbocycles. The molecular formula is C14H25N3O2. The summed E-state index contributed by atoms with van der Waals surface area (Å²) in [5.74, 6) is 0.510. The quantitative estimate of drug-likeness (QED) is 0.524. The van der Waals surface area contributed by atoms with Crippen molar-refractivity contribution in [1.29, 1.82) is 0 Å². The van der Waals surface area contributed by atoms with E-state index in [2.05, 4.69) is 43.8 Å². The summed E-state index contributed by atoms with van der Waals surface area (Å²) in [6.45, 7) is 8.20. The highest BCUT2D eigenvalue weighted by molar-refractivity contribution is 5.83. The Morgan fingerprint density at radius 1 is 1.47 bits per heavy atom. The van der Waals surface area contributed by atoms with E-state index < -0.39 is 6.03 Å². The minimum atomic E-state index is -0.645. The third-order valence-corrected chi connectivity index (χ3v) is 3.75. The Morgan fingerprint density at radius 2 is 2.11 bits per heavy atom. The number of hydrogen-bond acceptors (Lipinski definition) is 3. The van der Waals surface area contributed by atoms with E-state index in [0.717, 1.165) is 6.42 Å². The number of urea groups is 1. The summed E-state index contributed by atoms with van der Waals surface area (Å²) >= 11 is 0. The maximum Gasteiger partial charge on any atom is 0.326 e. The van der Waals surface area contributed by atoms with E-state index in [0.29, 0.717) is 6.42 Å². The molecule has 1 rings (SSSR count). The van der Waals surface area contributed by atoms with Crippen LogP contribution in [0.5, 0.6) is 0 Å². The maximum atomic E-state index is 12.5. The Balaban J connectivity index is 2.61. The van der Waals surface area contributed by atoms with Crippen molar-refractivity contribution in [3.05, 3.63) is 12.2 Å². The van der Waals surface area contributed by atoms with Gasteiger partial charge in [0, 0.05) is 18.4 Å². The topological polar surface area (TPSA) is 84.2 Å². The summed E-state index contributed by atoms with van der Waals surface area (Å²) in [6, 6.07) is -0.775. The molecule has 2 amide bonds. The highest BCUT2D eigenvalue weighted by Gasteiger charge is 2.39. The Morgan fingerprint density at radius 3 is 2.63 bits per heavy atom. The van der Waals surface area contributed by atoms with Gasteiger partial charge in [0.15, 0.2) is 0 Å². The van der Waals surface area contributed by atoms with Crippen molar-refractivity contribution < 1.29 is 9.59 Å². The zero-order chi connectivity index (χ0) is 14.6. The average Bonchev–Trinajstić information content (AvgIpc) is 2.24. The number of rotatable bonds is 5. The van der Waals surface area contributed by atoms with E-state index in [1.165, 1.54) is 0 Å². The number of hydrazine groups is 1. The minimum Gasteiger partial charge on any atom is -0.351 e. The number of carbonyl (C=O) groups is 2. The smallest absolute Gasteiger partial charge is 0.326 e. The number of Topliss-reactive ketones (excluding diaryl/α,β-unsaturated/α-hetero) is 1. The first-order chi connectivity index (χ1) is 8.74. The normalized spacial score (nSPS) is 26.7. The summed E-state index contributed by atoms with van der Waals surface area (Å²) in [5, 5.41) is 0. The number of nitrogens with one attached hydrogen (secondary N) is 2. The predicted molar refractivity (Wildman–Crippen MR) is 75.1 cm³/mol. The molecule has 0 spiro atoms. The van der Waals surface area contributed by atoms with Crippen LogP contribution < -0.4 is 16.6 Å². The fraction of sp³-hybridized carbons (Fsp3) is 0.714. The second kappa shape index (κ2) is 6.19. The van der Waals surface area contributed by atoms with Crippen LogP contribution in [0.15, 0.2) is 12.2 Å². The van der Waals surface area contributed by atoms with Crippen molar-refractivity contribution in [2.45, 2.75) is 46.6 Å². The molecule has 108 valence electrons. The van der Waals surface area contributed by atoms with Gasteiger partial charge < -0.3 is 5.73 Å². The van der Waals surface area contributed by atoms with Gasteiger partial charge in [-0.3, -0.25) is 10.2 Å². The molecule has 1 aliphatic rings. The van der Waals surface area contributed by atoms with Gasteiger partial charge in [-0.05, 0) is 24.7 Å². The van der Waals surface area contributed by atoms with Gasteiger partial charge in [0.2, 0.25) is 0 Å². The summed E-state index contributed by atoms with van der Waals surface area (Å²) < 4.78 is 0. The summed E-state index contributed by atoms with van der Waals surface area (Å²) in [5.41, 5.74) is 10.0. The molecule has 0 fully saturated rings. The highest BCUT2D eigenvalue weighted by atomic mass is 16.2. The lowest BCUT2D eigenvalue weighted by atomic mass is 9.65. The van der Waals surface area contributed by atoms with E-state index >= 15 is 0 Å². The molecule has 0 aromatic rings. The van der Waals surface area contributed by atoms with Gasteiger partial charge in [-0.15, -0.1) is 0 Å². The molecule has 0 unspecified atom stereocenters. The van der Waals surface area contributed by atoms with Crippen LogP contribution in [-0.4, -0.2) is 17.9 Å². The number of primary amides is 1. The predicted octanol–water partition coefficient (Wildman–Crippen LogP) is 1.75. The monoisotopic (exact) mass is 267 g/mol. The molecule has 0 saturated carbocycles. The SMILES string of the molecule is C[C@H](CC(=O)[C@H]1[C@@H](C)C=CCC1(C)C)NNC(N)=O. The van der Waals surface area contributed by atoms with Crippen LogP contribution in [0, 0.1) is 17.3 Å². The number of amides is 2. The molecule has 19 heavy (non-hydrogen) atoms. The molecule has 0 aromatic carbocycles. The Labute approximate surface area is 115 Å². The number of hydrogen-bond donors (Lipinski definition) is 3. The van der Waals surface area contributed by atoms with Crippen LogP contribution in [0.4, 0.5) is 4.79 Å². The van der Waals surface area contributed by atoms with Crippen molar-refractivity contribution in [2.75, 3.05) is 0 Å². The molecule has 3 atom stereocenters. The third kappa shape index (κ3) is 4.35. The fourth-order valence-corrected chi connectivity index (χ4v) is 2.94. The van der Waals surface area contributed by atoms with E-state index in [9.17, 15) is 9.59 Å². The molecule has 0 aromatic heterocycles. The van der Waals surface area contributed by atoms with Crippen molar-refractivity contribution in [3.63, 3.8) is 0 Å². The first-order valence-corrected chi connectivity index (χ1v) is 6.74. The highest BCUT2D eigenvalue weighted by Crippen LogP contribution is 2.41. The second-order valence-electron chi connectivity index (χ2n) is 6.16. The van der Waals surface area contributed by atoms with E-state index in [1.54, 1.807) is 0 Å². The molecule has 0 aliphatic heterocycles. The standard InChI is InChI=1S/C14H25N3O2/c1-9-6-5-7-14(3,4)12(9)11(18)8-10(2)16-17-13(15)19/h5-6,9-10,12,16H,7-8H2,1-4H3,(H3,15,17,19)/t9-,10+,12+/m0/s1. The zero-order valence-electron chi connectivity index (χ0n) is 12.2. The largest absolute Gasteiger partial charge is 0.351 e. The van der Waals surface area contributed by atoms with Crippen LogP contribution in [0.25, 0.3) is 0 Å². The van der Waals surface area contributed by atoms with Gasteiger partial charge in [-0.2, -0.15) is 0 Å². The van der Waals surface area contributed by atoms with Gasteiger partial charge in [0.1, 0.15) is 5.78 Å². The lowest BCUT2D eigenvalue weighted by Crippen LogP contribution is -2.47. The van der Waals surface area contributed by atoms with Crippen molar-refractivity contribution in [3.8, 4) is 0 Å². The molecule has 0 radical (unpaired) electrons. The first-order valence-electron chi connectivity index (χ1n) is 6.74. The molecule has 0 saturated heterocycles. The summed E-state index contributed by atoms with van der Waals surface area (Å²) in [7, 11) is 0. The van der Waals surface area contributed by atoms with Crippen LogP contribution in [-0.2, 0) is 4.79 Å². The molecule has 4 N–H and O–H groups in total. The Bertz CT molecular complexity index is 377. The van der Waals surface area contributed by atoms with Crippen LogP contribution in [0.1, 0.15) is 40.5 Å². The van der Waals surface area contributed by atoms with Crippen molar-refractivity contribution >= 4 is 11.8 Å². The molecule has 0 heterocycles. The molecule has 5 heteroatoms. The van der Waals surface area contributed by atoms with Crippen LogP contribution >= 0.6 is 0 Å². The molecular weight excluding hydrogens is 242 g/mol. The van der Waals surface area contributed by atoms with Gasteiger partial charge in [-0.1, -0.05) is 32.9 Å². The van der Waals surface area contributed by atoms with Gasteiger partial charge >= 0.3 is 6.03 Å². The summed E-state index contributed by atoms with van der Waals surface area (Å²) in [4.78, 5) is 23.1. The van der Waals surface area contributed by atoms with Crippen molar-refractivity contribution in [1.82, 2.24) is 10.9 Å².